The number of hydrogen-bond acceptors (Lipinski definition) is 3. The number of nitrogens with one attached hydrogen (secondary N) is 1. The summed E-state index contributed by atoms with van der Waals surface area (Å²) < 4.78 is 1.84. The van der Waals surface area contributed by atoms with Crippen LogP contribution in [0.25, 0.3) is 5.69 Å². The second-order valence-electron chi connectivity index (χ2n) is 4.64. The van der Waals surface area contributed by atoms with Crippen LogP contribution in [-0.2, 0) is 6.54 Å². The first-order valence-corrected chi connectivity index (χ1v) is 6.69. The SMILES string of the molecule is N#Cc1ccccc1NCc1cnn(-c2ccccc2)c1. The van der Waals surface area contributed by atoms with Crippen molar-refractivity contribution in [1.29, 1.82) is 5.26 Å². The largest absolute Gasteiger partial charge is 0.380 e. The lowest BCUT2D eigenvalue weighted by atomic mass is 10.2. The van der Waals surface area contributed by atoms with E-state index in [2.05, 4.69) is 16.5 Å². The van der Waals surface area contributed by atoms with Gasteiger partial charge in [-0.2, -0.15) is 10.4 Å². The molecule has 4 heteroatoms. The minimum atomic E-state index is 0.630. The van der Waals surface area contributed by atoms with Crippen molar-refractivity contribution in [3.8, 4) is 11.8 Å². The maximum Gasteiger partial charge on any atom is 0.101 e. The Morgan fingerprint density at radius 2 is 1.81 bits per heavy atom. The Balaban J connectivity index is 1.72. The highest BCUT2D eigenvalue weighted by Gasteiger charge is 2.03. The van der Waals surface area contributed by atoms with Crippen molar-refractivity contribution < 1.29 is 0 Å². The first-order chi connectivity index (χ1) is 10.4. The summed E-state index contributed by atoms with van der Waals surface area (Å²) in [6.07, 6.45) is 3.81. The van der Waals surface area contributed by atoms with E-state index in [1.807, 2.05) is 65.6 Å². The van der Waals surface area contributed by atoms with E-state index in [0.29, 0.717) is 12.1 Å². The lowest BCUT2D eigenvalue weighted by Crippen LogP contribution is -2.00. The van der Waals surface area contributed by atoms with Crippen molar-refractivity contribution >= 4 is 5.69 Å². The molecule has 4 nitrogen and oxygen atoms in total. The molecule has 2 aromatic carbocycles. The fourth-order valence-corrected chi connectivity index (χ4v) is 2.11. The van der Waals surface area contributed by atoms with Gasteiger partial charge in [0.1, 0.15) is 6.07 Å². The third-order valence-electron chi connectivity index (χ3n) is 3.19. The molecule has 0 aliphatic heterocycles. The monoisotopic (exact) mass is 274 g/mol. The van der Waals surface area contributed by atoms with Crippen LogP contribution in [0, 0.1) is 11.3 Å². The molecule has 3 rings (SSSR count). The zero-order chi connectivity index (χ0) is 14.5. The summed E-state index contributed by atoms with van der Waals surface area (Å²) in [7, 11) is 0. The summed E-state index contributed by atoms with van der Waals surface area (Å²) in [5.41, 5.74) is 3.58. The summed E-state index contributed by atoms with van der Waals surface area (Å²) in [5, 5.41) is 16.7. The topological polar surface area (TPSA) is 53.6 Å². The molecule has 0 bridgehead atoms. The molecule has 0 spiro atoms. The molecule has 0 atom stereocenters. The van der Waals surface area contributed by atoms with E-state index in [-0.39, 0.29) is 0 Å². The first kappa shape index (κ1) is 12.9. The number of rotatable bonds is 4. The van der Waals surface area contributed by atoms with Crippen LogP contribution in [0.15, 0.2) is 67.0 Å². The van der Waals surface area contributed by atoms with E-state index in [0.717, 1.165) is 16.9 Å². The summed E-state index contributed by atoms with van der Waals surface area (Å²) in [6.45, 7) is 0.630. The molecular formula is C17H14N4. The van der Waals surface area contributed by atoms with Gasteiger partial charge in [0.25, 0.3) is 0 Å². The highest BCUT2D eigenvalue weighted by molar-refractivity contribution is 5.57. The summed E-state index contributed by atoms with van der Waals surface area (Å²) in [4.78, 5) is 0. The molecule has 0 saturated heterocycles. The Bertz CT molecular complexity index is 769. The molecule has 0 unspecified atom stereocenters. The van der Waals surface area contributed by atoms with Crippen LogP contribution in [0.2, 0.25) is 0 Å². The molecule has 0 saturated carbocycles. The van der Waals surface area contributed by atoms with Crippen molar-refractivity contribution in [3.05, 3.63) is 78.1 Å². The van der Waals surface area contributed by atoms with Gasteiger partial charge in [0.05, 0.1) is 23.1 Å². The van der Waals surface area contributed by atoms with Gasteiger partial charge in [-0.3, -0.25) is 0 Å². The van der Waals surface area contributed by atoms with Gasteiger partial charge in [0, 0.05) is 18.3 Å². The van der Waals surface area contributed by atoms with Crippen LogP contribution in [0.5, 0.6) is 0 Å². The summed E-state index contributed by atoms with van der Waals surface area (Å²) in [5.74, 6) is 0. The number of nitriles is 1. The van der Waals surface area contributed by atoms with Crippen LogP contribution < -0.4 is 5.32 Å². The molecule has 0 aliphatic carbocycles. The standard InChI is InChI=1S/C17H14N4/c18-10-15-6-4-5-9-17(15)19-11-14-12-20-21(13-14)16-7-2-1-3-8-16/h1-9,12-13,19H,11H2. The van der Waals surface area contributed by atoms with Crippen molar-refractivity contribution in [3.63, 3.8) is 0 Å². The van der Waals surface area contributed by atoms with Gasteiger partial charge in [-0.25, -0.2) is 4.68 Å². The number of anilines is 1. The fraction of sp³-hybridized carbons (Fsp3) is 0.0588. The molecule has 1 N–H and O–H groups in total. The quantitative estimate of drug-likeness (QED) is 0.793. The third kappa shape index (κ3) is 2.93. The third-order valence-corrected chi connectivity index (χ3v) is 3.19. The van der Waals surface area contributed by atoms with Gasteiger partial charge in [-0.05, 0) is 24.3 Å². The second kappa shape index (κ2) is 5.93. The summed E-state index contributed by atoms with van der Waals surface area (Å²) >= 11 is 0. The molecule has 0 amide bonds. The van der Waals surface area contributed by atoms with Gasteiger partial charge in [0.15, 0.2) is 0 Å². The lowest BCUT2D eigenvalue weighted by Gasteiger charge is -2.06. The number of aromatic nitrogens is 2. The van der Waals surface area contributed by atoms with Crippen LogP contribution in [0.1, 0.15) is 11.1 Å². The van der Waals surface area contributed by atoms with Crippen molar-refractivity contribution in [1.82, 2.24) is 9.78 Å². The Labute approximate surface area is 123 Å². The average Bonchev–Trinajstić information content (AvgIpc) is 3.03. The van der Waals surface area contributed by atoms with E-state index in [1.54, 1.807) is 6.07 Å². The highest BCUT2D eigenvalue weighted by atomic mass is 15.3. The summed E-state index contributed by atoms with van der Waals surface area (Å²) in [6, 6.07) is 19.6. The van der Waals surface area contributed by atoms with E-state index in [9.17, 15) is 0 Å². The van der Waals surface area contributed by atoms with Crippen LogP contribution in [0.4, 0.5) is 5.69 Å². The Kier molecular flexibility index (Phi) is 3.66. The normalized spacial score (nSPS) is 10.0. The molecule has 1 aromatic heterocycles. The molecule has 3 aromatic rings. The molecule has 21 heavy (non-hydrogen) atoms. The molecule has 0 aliphatic rings. The van der Waals surface area contributed by atoms with Gasteiger partial charge in [-0.1, -0.05) is 30.3 Å². The molecular weight excluding hydrogens is 260 g/mol. The van der Waals surface area contributed by atoms with E-state index >= 15 is 0 Å². The van der Waals surface area contributed by atoms with Gasteiger partial charge < -0.3 is 5.32 Å². The first-order valence-electron chi connectivity index (χ1n) is 6.69. The van der Waals surface area contributed by atoms with Gasteiger partial charge in [0.2, 0.25) is 0 Å². The smallest absolute Gasteiger partial charge is 0.101 e. The fourth-order valence-electron chi connectivity index (χ4n) is 2.11. The predicted octanol–water partition coefficient (Wildman–Crippen LogP) is 3.36. The van der Waals surface area contributed by atoms with Crippen molar-refractivity contribution in [2.75, 3.05) is 5.32 Å². The minimum Gasteiger partial charge on any atom is -0.380 e. The number of nitrogens with zero attached hydrogens (tertiary/aromatic N) is 3. The maximum absolute atomic E-state index is 9.06. The molecule has 0 fully saturated rings. The van der Waals surface area contributed by atoms with Crippen LogP contribution in [-0.4, -0.2) is 9.78 Å². The Hall–Kier alpha value is -3.06. The van der Waals surface area contributed by atoms with E-state index in [4.69, 9.17) is 5.26 Å². The predicted molar refractivity (Wildman–Crippen MR) is 82.0 cm³/mol. The maximum atomic E-state index is 9.06. The number of para-hydroxylation sites is 2. The molecule has 0 radical (unpaired) electrons. The zero-order valence-corrected chi connectivity index (χ0v) is 11.4. The second-order valence-corrected chi connectivity index (χ2v) is 4.64. The average molecular weight is 274 g/mol. The van der Waals surface area contributed by atoms with Crippen LogP contribution >= 0.6 is 0 Å². The van der Waals surface area contributed by atoms with E-state index in [1.165, 1.54) is 0 Å². The van der Waals surface area contributed by atoms with Gasteiger partial charge in [-0.15, -0.1) is 0 Å². The highest BCUT2D eigenvalue weighted by Crippen LogP contribution is 2.15. The lowest BCUT2D eigenvalue weighted by molar-refractivity contribution is 0.880. The number of benzene rings is 2. The van der Waals surface area contributed by atoms with Gasteiger partial charge >= 0.3 is 0 Å². The minimum absolute atomic E-state index is 0.630. The molecule has 102 valence electrons. The molecule has 1 heterocycles. The van der Waals surface area contributed by atoms with E-state index < -0.39 is 0 Å². The van der Waals surface area contributed by atoms with Crippen molar-refractivity contribution in [2.45, 2.75) is 6.54 Å². The van der Waals surface area contributed by atoms with Crippen LogP contribution in [0.3, 0.4) is 0 Å². The Morgan fingerprint density at radius 1 is 1.05 bits per heavy atom. The number of hydrogen-bond donors (Lipinski definition) is 1. The zero-order valence-electron chi connectivity index (χ0n) is 11.4. The van der Waals surface area contributed by atoms with Crippen molar-refractivity contribution in [2.24, 2.45) is 0 Å². The Morgan fingerprint density at radius 3 is 2.62 bits per heavy atom.